The average Bonchev–Trinajstić information content (AvgIpc) is 2.88. The van der Waals surface area contributed by atoms with Crippen molar-refractivity contribution < 1.29 is 14.3 Å². The van der Waals surface area contributed by atoms with Crippen molar-refractivity contribution in [2.45, 2.75) is 45.7 Å². The molecule has 0 bridgehead atoms. The molecule has 0 saturated carbocycles. The van der Waals surface area contributed by atoms with Crippen LogP contribution in [0.25, 0.3) is 0 Å². The van der Waals surface area contributed by atoms with Crippen LogP contribution in [0, 0.1) is 5.92 Å². The molecule has 0 spiro atoms. The van der Waals surface area contributed by atoms with Crippen LogP contribution in [0.15, 0.2) is 78.9 Å². The summed E-state index contributed by atoms with van der Waals surface area (Å²) >= 11 is 6.04. The minimum absolute atomic E-state index is 0.118. The van der Waals surface area contributed by atoms with E-state index in [0.717, 1.165) is 28.9 Å². The maximum Gasteiger partial charge on any atom is 0.243 e. The molecular weight excluding hydrogens is 472 g/mol. The molecule has 5 nitrogen and oxygen atoms in total. The minimum atomic E-state index is -0.651. The lowest BCUT2D eigenvalue weighted by atomic mass is 10.0. The van der Waals surface area contributed by atoms with E-state index >= 15 is 0 Å². The van der Waals surface area contributed by atoms with Crippen LogP contribution < -0.4 is 10.1 Å². The summed E-state index contributed by atoms with van der Waals surface area (Å²) in [5, 5.41) is 3.69. The number of carbonyl (C=O) groups excluding carboxylic acids is 2. The smallest absolute Gasteiger partial charge is 0.243 e. The van der Waals surface area contributed by atoms with Gasteiger partial charge < -0.3 is 15.0 Å². The van der Waals surface area contributed by atoms with Crippen molar-refractivity contribution in [3.63, 3.8) is 0 Å². The molecule has 2 amide bonds. The molecule has 3 aromatic rings. The fourth-order valence-electron chi connectivity index (χ4n) is 3.96. The van der Waals surface area contributed by atoms with E-state index in [9.17, 15) is 9.59 Å². The quantitative estimate of drug-likeness (QED) is 0.343. The predicted molar refractivity (Wildman–Crippen MR) is 145 cm³/mol. The molecule has 3 rings (SSSR count). The zero-order valence-corrected chi connectivity index (χ0v) is 22.0. The summed E-state index contributed by atoms with van der Waals surface area (Å²) in [6.45, 7) is 5.13. The van der Waals surface area contributed by atoms with Crippen LogP contribution in [0.4, 0.5) is 0 Å². The number of methoxy groups -OCH3 is 1. The van der Waals surface area contributed by atoms with E-state index in [4.69, 9.17) is 16.3 Å². The number of hydrogen-bond donors (Lipinski definition) is 1. The number of rotatable bonds is 12. The number of benzene rings is 3. The van der Waals surface area contributed by atoms with E-state index in [1.165, 1.54) is 0 Å². The Balaban J connectivity index is 1.92. The number of halogens is 1. The van der Waals surface area contributed by atoms with Crippen LogP contribution in [-0.2, 0) is 29.0 Å². The maximum atomic E-state index is 13.7. The molecule has 1 N–H and O–H groups in total. The number of carbonyl (C=O) groups is 2. The van der Waals surface area contributed by atoms with Gasteiger partial charge >= 0.3 is 0 Å². The summed E-state index contributed by atoms with van der Waals surface area (Å²) in [4.78, 5) is 29.0. The molecule has 1 atom stereocenters. The Kier molecular flexibility index (Phi) is 10.4. The largest absolute Gasteiger partial charge is 0.497 e. The molecule has 0 saturated heterocycles. The van der Waals surface area contributed by atoms with Crippen molar-refractivity contribution in [3.05, 3.63) is 101 Å². The molecule has 190 valence electrons. The minimum Gasteiger partial charge on any atom is -0.497 e. The number of nitrogens with zero attached hydrogens (tertiary/aromatic N) is 1. The summed E-state index contributed by atoms with van der Waals surface area (Å²) in [6.07, 6.45) is 1.48. The van der Waals surface area contributed by atoms with Gasteiger partial charge in [-0.05, 0) is 53.3 Å². The second-order valence-corrected chi connectivity index (χ2v) is 9.79. The number of nitrogens with one attached hydrogen (secondary N) is 1. The maximum absolute atomic E-state index is 13.7. The van der Waals surface area contributed by atoms with E-state index in [0.29, 0.717) is 30.5 Å². The Hall–Kier alpha value is -3.31. The molecule has 3 aromatic carbocycles. The van der Waals surface area contributed by atoms with Gasteiger partial charge in [0.1, 0.15) is 11.8 Å². The Morgan fingerprint density at radius 3 is 2.14 bits per heavy atom. The second kappa shape index (κ2) is 13.7. The first-order valence-electron chi connectivity index (χ1n) is 12.3. The Morgan fingerprint density at radius 2 is 1.53 bits per heavy atom. The molecule has 0 unspecified atom stereocenters. The van der Waals surface area contributed by atoms with Crippen LogP contribution in [0.5, 0.6) is 5.75 Å². The first kappa shape index (κ1) is 27.3. The Labute approximate surface area is 219 Å². The summed E-state index contributed by atoms with van der Waals surface area (Å²) in [6, 6.07) is 24.0. The van der Waals surface area contributed by atoms with E-state index in [-0.39, 0.29) is 18.2 Å². The van der Waals surface area contributed by atoms with Gasteiger partial charge in [-0.25, -0.2) is 0 Å². The lowest BCUT2D eigenvalue weighted by Crippen LogP contribution is -2.51. The number of ether oxygens (including phenoxy) is 1. The van der Waals surface area contributed by atoms with E-state index in [1.54, 1.807) is 24.1 Å². The standard InChI is InChI=1S/C30H35ClN2O3/c1-22(2)17-18-32-30(35)28(19-23-7-5-4-6-8-23)33(21-25-11-15-27(36-3)16-12-25)29(34)20-24-9-13-26(31)14-10-24/h4-16,22,28H,17-21H2,1-3H3,(H,32,35)/t28-/m1/s1. The van der Waals surface area contributed by atoms with Gasteiger partial charge in [-0.1, -0.05) is 80.0 Å². The zero-order valence-electron chi connectivity index (χ0n) is 21.2. The van der Waals surface area contributed by atoms with Gasteiger partial charge in [0.2, 0.25) is 11.8 Å². The number of amides is 2. The highest BCUT2D eigenvalue weighted by Gasteiger charge is 2.30. The van der Waals surface area contributed by atoms with Gasteiger partial charge in [0, 0.05) is 24.5 Å². The van der Waals surface area contributed by atoms with Crippen molar-refractivity contribution in [2.24, 2.45) is 5.92 Å². The lowest BCUT2D eigenvalue weighted by Gasteiger charge is -2.32. The average molecular weight is 507 g/mol. The van der Waals surface area contributed by atoms with Crippen LogP contribution in [0.2, 0.25) is 5.02 Å². The molecule has 0 aromatic heterocycles. The van der Waals surface area contributed by atoms with Crippen LogP contribution in [0.1, 0.15) is 37.0 Å². The van der Waals surface area contributed by atoms with Gasteiger partial charge in [0.25, 0.3) is 0 Å². The van der Waals surface area contributed by atoms with Gasteiger partial charge in [-0.15, -0.1) is 0 Å². The van der Waals surface area contributed by atoms with Crippen LogP contribution >= 0.6 is 11.6 Å². The Morgan fingerprint density at radius 1 is 0.889 bits per heavy atom. The molecule has 6 heteroatoms. The molecule has 0 aliphatic carbocycles. The fourth-order valence-corrected chi connectivity index (χ4v) is 4.09. The zero-order chi connectivity index (χ0) is 25.9. The van der Waals surface area contributed by atoms with Crippen molar-refractivity contribution in [3.8, 4) is 5.75 Å². The molecule has 0 aliphatic rings. The van der Waals surface area contributed by atoms with E-state index in [1.807, 2.05) is 66.7 Å². The molecule has 0 fully saturated rings. The molecular formula is C30H35ClN2O3. The highest BCUT2D eigenvalue weighted by atomic mass is 35.5. The van der Waals surface area contributed by atoms with E-state index < -0.39 is 6.04 Å². The van der Waals surface area contributed by atoms with Crippen molar-refractivity contribution in [1.82, 2.24) is 10.2 Å². The predicted octanol–water partition coefficient (Wildman–Crippen LogP) is 5.69. The molecule has 36 heavy (non-hydrogen) atoms. The van der Waals surface area contributed by atoms with E-state index in [2.05, 4.69) is 19.2 Å². The van der Waals surface area contributed by atoms with Crippen molar-refractivity contribution in [2.75, 3.05) is 13.7 Å². The SMILES string of the molecule is COc1ccc(CN(C(=O)Cc2ccc(Cl)cc2)[C@H](Cc2ccccc2)C(=O)NCCC(C)C)cc1. The highest BCUT2D eigenvalue weighted by Crippen LogP contribution is 2.19. The van der Waals surface area contributed by atoms with Gasteiger partial charge in [-0.3, -0.25) is 9.59 Å². The Bertz CT molecular complexity index is 1100. The van der Waals surface area contributed by atoms with Crippen molar-refractivity contribution in [1.29, 1.82) is 0 Å². The number of hydrogen-bond acceptors (Lipinski definition) is 3. The van der Waals surface area contributed by atoms with Crippen LogP contribution in [0.3, 0.4) is 0 Å². The first-order valence-corrected chi connectivity index (χ1v) is 12.7. The second-order valence-electron chi connectivity index (χ2n) is 9.35. The first-order chi connectivity index (χ1) is 17.4. The molecule has 0 radical (unpaired) electrons. The highest BCUT2D eigenvalue weighted by molar-refractivity contribution is 6.30. The van der Waals surface area contributed by atoms with Gasteiger partial charge in [0.15, 0.2) is 0 Å². The van der Waals surface area contributed by atoms with Gasteiger partial charge in [0.05, 0.1) is 13.5 Å². The van der Waals surface area contributed by atoms with Crippen molar-refractivity contribution >= 4 is 23.4 Å². The van der Waals surface area contributed by atoms with Gasteiger partial charge in [-0.2, -0.15) is 0 Å². The lowest BCUT2D eigenvalue weighted by molar-refractivity contribution is -0.140. The monoisotopic (exact) mass is 506 g/mol. The normalized spacial score (nSPS) is 11.7. The third kappa shape index (κ3) is 8.42. The molecule has 0 aliphatic heterocycles. The topological polar surface area (TPSA) is 58.6 Å². The van der Waals surface area contributed by atoms with Crippen LogP contribution in [-0.4, -0.2) is 36.4 Å². The fraction of sp³-hybridized carbons (Fsp3) is 0.333. The third-order valence-corrected chi connectivity index (χ3v) is 6.32. The molecule has 0 heterocycles. The summed E-state index contributed by atoms with van der Waals surface area (Å²) in [7, 11) is 1.62. The third-order valence-electron chi connectivity index (χ3n) is 6.07. The summed E-state index contributed by atoms with van der Waals surface area (Å²) < 4.78 is 5.28. The summed E-state index contributed by atoms with van der Waals surface area (Å²) in [5.74, 6) is 0.954. The summed E-state index contributed by atoms with van der Waals surface area (Å²) in [5.41, 5.74) is 2.77.